The highest BCUT2D eigenvalue weighted by atomic mass is 16.5. The molecule has 0 spiro atoms. The second-order valence-corrected chi connectivity index (χ2v) is 5.91. The van der Waals surface area contributed by atoms with Gasteiger partial charge in [-0.1, -0.05) is 0 Å². The van der Waals surface area contributed by atoms with Crippen LogP contribution in [0.1, 0.15) is 19.3 Å². The van der Waals surface area contributed by atoms with E-state index >= 15 is 0 Å². The molecule has 0 saturated carbocycles. The smallest absolute Gasteiger partial charge is 0.260 e. The average molecular weight is 331 g/mol. The van der Waals surface area contributed by atoms with Crippen LogP contribution in [0.2, 0.25) is 0 Å². The minimum Gasteiger partial charge on any atom is -0.484 e. The highest BCUT2D eigenvalue weighted by molar-refractivity contribution is 5.95. The number of ether oxygens (including phenoxy) is 1. The van der Waals surface area contributed by atoms with Crippen molar-refractivity contribution in [3.8, 4) is 5.75 Å². The summed E-state index contributed by atoms with van der Waals surface area (Å²) in [6.07, 6.45) is 1.81. The van der Waals surface area contributed by atoms with Crippen molar-refractivity contribution in [3.63, 3.8) is 0 Å². The predicted molar refractivity (Wildman–Crippen MR) is 87.7 cm³/mol. The van der Waals surface area contributed by atoms with E-state index in [-0.39, 0.29) is 24.3 Å². The zero-order valence-corrected chi connectivity index (χ0v) is 13.5. The van der Waals surface area contributed by atoms with Crippen molar-refractivity contribution in [2.45, 2.75) is 19.3 Å². The summed E-state index contributed by atoms with van der Waals surface area (Å²) in [6.45, 7) is 2.09. The Bertz CT molecular complexity index is 629. The first-order valence-corrected chi connectivity index (χ1v) is 8.21. The molecular formula is C17H21N3O4. The van der Waals surface area contributed by atoms with Gasteiger partial charge in [0.25, 0.3) is 5.91 Å². The van der Waals surface area contributed by atoms with Gasteiger partial charge in [-0.25, -0.2) is 0 Å². The minimum absolute atomic E-state index is 0.0294. The summed E-state index contributed by atoms with van der Waals surface area (Å²) in [5.41, 5.74) is 0.855. The van der Waals surface area contributed by atoms with E-state index in [9.17, 15) is 14.4 Å². The quantitative estimate of drug-likeness (QED) is 0.873. The molecule has 2 fully saturated rings. The largest absolute Gasteiger partial charge is 0.484 e. The Balaban J connectivity index is 1.52. The summed E-state index contributed by atoms with van der Waals surface area (Å²) in [5.74, 6) is 0.564. The van der Waals surface area contributed by atoms with E-state index in [1.54, 1.807) is 21.9 Å². The van der Waals surface area contributed by atoms with Gasteiger partial charge in [0.2, 0.25) is 11.8 Å². The number of hydrogen-bond donors (Lipinski definition) is 1. The fourth-order valence-corrected chi connectivity index (χ4v) is 2.90. The van der Waals surface area contributed by atoms with Crippen molar-refractivity contribution in [2.75, 3.05) is 37.7 Å². The van der Waals surface area contributed by atoms with E-state index in [1.807, 2.05) is 12.1 Å². The molecule has 1 aromatic carbocycles. The van der Waals surface area contributed by atoms with E-state index in [0.29, 0.717) is 38.2 Å². The van der Waals surface area contributed by atoms with Gasteiger partial charge in [0, 0.05) is 44.7 Å². The maximum absolute atomic E-state index is 12.2. The highest BCUT2D eigenvalue weighted by Gasteiger charge is 2.22. The van der Waals surface area contributed by atoms with Gasteiger partial charge in [-0.05, 0) is 30.7 Å². The van der Waals surface area contributed by atoms with Crippen LogP contribution >= 0.6 is 0 Å². The molecule has 7 heteroatoms. The van der Waals surface area contributed by atoms with Crippen LogP contribution < -0.4 is 15.0 Å². The number of nitrogens with one attached hydrogen (secondary N) is 1. The Kier molecular flexibility index (Phi) is 4.98. The second-order valence-electron chi connectivity index (χ2n) is 5.91. The molecule has 2 aliphatic heterocycles. The van der Waals surface area contributed by atoms with E-state index in [0.717, 1.165) is 18.7 Å². The maximum atomic E-state index is 12.2. The lowest BCUT2D eigenvalue weighted by Crippen LogP contribution is -2.37. The number of rotatable bonds is 4. The zero-order valence-electron chi connectivity index (χ0n) is 13.5. The molecule has 3 amide bonds. The molecule has 3 rings (SSSR count). The summed E-state index contributed by atoms with van der Waals surface area (Å²) in [5, 5.41) is 2.73. The Morgan fingerprint density at radius 2 is 1.88 bits per heavy atom. The van der Waals surface area contributed by atoms with E-state index in [2.05, 4.69) is 5.32 Å². The maximum Gasteiger partial charge on any atom is 0.260 e. The summed E-state index contributed by atoms with van der Waals surface area (Å²) in [7, 11) is 0. The molecule has 7 nitrogen and oxygen atoms in total. The Morgan fingerprint density at radius 1 is 1.08 bits per heavy atom. The molecule has 2 aliphatic rings. The van der Waals surface area contributed by atoms with Crippen LogP contribution in [0.25, 0.3) is 0 Å². The second kappa shape index (κ2) is 7.33. The molecule has 1 N–H and O–H groups in total. The Morgan fingerprint density at radius 3 is 2.58 bits per heavy atom. The lowest BCUT2D eigenvalue weighted by molar-refractivity contribution is -0.133. The monoisotopic (exact) mass is 331 g/mol. The topological polar surface area (TPSA) is 79.0 Å². The van der Waals surface area contributed by atoms with Crippen molar-refractivity contribution in [1.82, 2.24) is 10.2 Å². The van der Waals surface area contributed by atoms with E-state index in [1.165, 1.54) is 0 Å². The van der Waals surface area contributed by atoms with Crippen molar-refractivity contribution >= 4 is 23.4 Å². The number of carbonyl (C=O) groups excluding carboxylic acids is 3. The molecule has 0 aliphatic carbocycles. The fraction of sp³-hybridized carbons (Fsp3) is 0.471. The third kappa shape index (κ3) is 3.84. The molecule has 0 bridgehead atoms. The molecular weight excluding hydrogens is 310 g/mol. The normalized spacial score (nSPS) is 18.3. The van der Waals surface area contributed by atoms with Crippen LogP contribution in [0.5, 0.6) is 5.75 Å². The van der Waals surface area contributed by atoms with Gasteiger partial charge in [-0.2, -0.15) is 0 Å². The van der Waals surface area contributed by atoms with Crippen molar-refractivity contribution in [3.05, 3.63) is 24.3 Å². The van der Waals surface area contributed by atoms with Crippen LogP contribution in [0.4, 0.5) is 5.69 Å². The molecule has 1 aromatic rings. The van der Waals surface area contributed by atoms with Crippen molar-refractivity contribution in [1.29, 1.82) is 0 Å². The number of anilines is 1. The lowest BCUT2D eigenvalue weighted by atomic mass is 10.3. The third-order valence-corrected chi connectivity index (χ3v) is 4.25. The molecule has 0 aromatic heterocycles. The number of carbonyl (C=O) groups is 3. The van der Waals surface area contributed by atoms with Crippen LogP contribution in [0.3, 0.4) is 0 Å². The van der Waals surface area contributed by atoms with E-state index in [4.69, 9.17) is 4.74 Å². The fourth-order valence-electron chi connectivity index (χ4n) is 2.90. The number of hydrogen-bond acceptors (Lipinski definition) is 4. The minimum atomic E-state index is -0.134. The van der Waals surface area contributed by atoms with Crippen LogP contribution in [0.15, 0.2) is 24.3 Å². The first kappa shape index (κ1) is 16.3. The summed E-state index contributed by atoms with van der Waals surface area (Å²) >= 11 is 0. The Labute approximate surface area is 140 Å². The summed E-state index contributed by atoms with van der Waals surface area (Å²) < 4.78 is 5.53. The van der Waals surface area contributed by atoms with Gasteiger partial charge in [-0.3, -0.25) is 14.4 Å². The summed E-state index contributed by atoms with van der Waals surface area (Å²) in [6, 6.07) is 7.19. The molecule has 24 heavy (non-hydrogen) atoms. The first-order chi connectivity index (χ1) is 11.6. The van der Waals surface area contributed by atoms with Gasteiger partial charge >= 0.3 is 0 Å². The lowest BCUT2D eigenvalue weighted by Gasteiger charge is -2.20. The number of nitrogens with zero attached hydrogens (tertiary/aromatic N) is 2. The predicted octanol–water partition coefficient (Wildman–Crippen LogP) is 0.541. The SMILES string of the molecule is O=C1CCN(C(=O)COc2ccc(N3CCCC3=O)cc2)CCN1. The number of benzene rings is 1. The average Bonchev–Trinajstić information content (AvgIpc) is 2.89. The standard InChI is InChI=1S/C17H21N3O4/c21-15-7-10-19(11-8-18-15)17(23)12-24-14-5-3-13(4-6-14)20-9-1-2-16(20)22/h3-6H,1-2,7-12H2,(H,18,21). The van der Waals surface area contributed by atoms with Gasteiger partial charge in [0.15, 0.2) is 6.61 Å². The summed E-state index contributed by atoms with van der Waals surface area (Å²) in [4.78, 5) is 38.6. The first-order valence-electron chi connectivity index (χ1n) is 8.21. The van der Waals surface area contributed by atoms with Crippen molar-refractivity contribution < 1.29 is 19.1 Å². The van der Waals surface area contributed by atoms with Gasteiger partial charge in [0.05, 0.1) is 0 Å². The molecule has 2 saturated heterocycles. The zero-order chi connectivity index (χ0) is 16.9. The van der Waals surface area contributed by atoms with E-state index < -0.39 is 0 Å². The van der Waals surface area contributed by atoms with Crippen LogP contribution in [-0.2, 0) is 14.4 Å². The third-order valence-electron chi connectivity index (χ3n) is 4.25. The van der Waals surface area contributed by atoms with Gasteiger partial charge < -0.3 is 19.9 Å². The van der Waals surface area contributed by atoms with Crippen molar-refractivity contribution in [2.24, 2.45) is 0 Å². The molecule has 2 heterocycles. The van der Waals surface area contributed by atoms with Gasteiger partial charge in [0.1, 0.15) is 5.75 Å². The Hall–Kier alpha value is -2.57. The number of amides is 3. The molecule has 0 radical (unpaired) electrons. The van der Waals surface area contributed by atoms with Gasteiger partial charge in [-0.15, -0.1) is 0 Å². The van der Waals surface area contributed by atoms with Crippen LogP contribution in [-0.4, -0.2) is 55.4 Å². The van der Waals surface area contributed by atoms with Crippen LogP contribution in [0, 0.1) is 0 Å². The molecule has 128 valence electrons. The molecule has 0 atom stereocenters. The highest BCUT2D eigenvalue weighted by Crippen LogP contribution is 2.23. The molecule has 0 unspecified atom stereocenters.